The van der Waals surface area contributed by atoms with E-state index in [-0.39, 0.29) is 5.41 Å². The standard InChI is InChI=1S/C15H21N/c1-5-6-12-16-13(2)15(3,4)14-10-8-7-9-11-14/h7-11,13,16H,12H2,1-4H3. The molecule has 1 unspecified atom stereocenters. The molecule has 0 bridgehead atoms. The van der Waals surface area contributed by atoms with E-state index >= 15 is 0 Å². The fourth-order valence-corrected chi connectivity index (χ4v) is 1.67. The van der Waals surface area contributed by atoms with Gasteiger partial charge in [-0.05, 0) is 19.4 Å². The first-order valence-corrected chi connectivity index (χ1v) is 5.77. The summed E-state index contributed by atoms with van der Waals surface area (Å²) in [6.07, 6.45) is 0. The molecule has 1 nitrogen and oxygen atoms in total. The molecule has 1 aromatic rings. The van der Waals surface area contributed by atoms with Crippen LogP contribution >= 0.6 is 0 Å². The van der Waals surface area contributed by atoms with E-state index < -0.39 is 0 Å². The molecular weight excluding hydrogens is 194 g/mol. The van der Waals surface area contributed by atoms with Gasteiger partial charge in [-0.1, -0.05) is 50.1 Å². The van der Waals surface area contributed by atoms with Crippen molar-refractivity contribution in [2.75, 3.05) is 6.54 Å². The number of rotatable bonds is 4. The average molecular weight is 215 g/mol. The SMILES string of the molecule is CC#CCNC(C)C(C)(C)c1ccccc1. The van der Waals surface area contributed by atoms with Crippen LogP contribution in [0.5, 0.6) is 0 Å². The van der Waals surface area contributed by atoms with Gasteiger partial charge in [0, 0.05) is 11.5 Å². The Hall–Kier alpha value is -1.26. The maximum atomic E-state index is 3.45. The van der Waals surface area contributed by atoms with Crippen molar-refractivity contribution in [3.05, 3.63) is 35.9 Å². The Kier molecular flexibility index (Phi) is 4.58. The minimum Gasteiger partial charge on any atom is -0.303 e. The second-order valence-electron chi connectivity index (χ2n) is 4.62. The second-order valence-corrected chi connectivity index (χ2v) is 4.62. The summed E-state index contributed by atoms with van der Waals surface area (Å²) in [6.45, 7) is 9.37. The van der Waals surface area contributed by atoms with Gasteiger partial charge in [0.2, 0.25) is 0 Å². The quantitative estimate of drug-likeness (QED) is 0.761. The van der Waals surface area contributed by atoms with Crippen molar-refractivity contribution in [2.45, 2.75) is 39.2 Å². The van der Waals surface area contributed by atoms with Gasteiger partial charge in [-0.3, -0.25) is 0 Å². The lowest BCUT2D eigenvalue weighted by molar-refractivity contribution is 0.375. The number of benzene rings is 1. The van der Waals surface area contributed by atoms with Crippen LogP contribution in [0.4, 0.5) is 0 Å². The van der Waals surface area contributed by atoms with Gasteiger partial charge in [-0.2, -0.15) is 0 Å². The molecule has 0 aromatic heterocycles. The predicted octanol–water partition coefficient (Wildman–Crippen LogP) is 2.97. The number of hydrogen-bond donors (Lipinski definition) is 1. The lowest BCUT2D eigenvalue weighted by Crippen LogP contribution is -2.42. The normalized spacial score (nSPS) is 12.8. The van der Waals surface area contributed by atoms with E-state index in [4.69, 9.17) is 0 Å². The minimum absolute atomic E-state index is 0.122. The smallest absolute Gasteiger partial charge is 0.0578 e. The van der Waals surface area contributed by atoms with Crippen LogP contribution in [0.2, 0.25) is 0 Å². The summed E-state index contributed by atoms with van der Waals surface area (Å²) in [5.74, 6) is 5.94. The largest absolute Gasteiger partial charge is 0.303 e. The van der Waals surface area contributed by atoms with Crippen LogP contribution in [0.25, 0.3) is 0 Å². The molecule has 0 spiro atoms. The first kappa shape index (κ1) is 12.8. The van der Waals surface area contributed by atoms with Crippen molar-refractivity contribution in [2.24, 2.45) is 0 Å². The molecular formula is C15H21N. The van der Waals surface area contributed by atoms with Gasteiger partial charge in [-0.25, -0.2) is 0 Å². The van der Waals surface area contributed by atoms with E-state index in [9.17, 15) is 0 Å². The molecule has 1 rings (SSSR count). The third-order valence-corrected chi connectivity index (χ3v) is 3.27. The number of hydrogen-bond acceptors (Lipinski definition) is 1. The van der Waals surface area contributed by atoms with Crippen LogP contribution in [0.3, 0.4) is 0 Å². The Labute approximate surface area is 99.3 Å². The number of nitrogens with one attached hydrogen (secondary N) is 1. The Morgan fingerprint density at radius 2 is 1.88 bits per heavy atom. The van der Waals surface area contributed by atoms with Crippen LogP contribution in [0.1, 0.15) is 33.3 Å². The van der Waals surface area contributed by atoms with Crippen LogP contribution in [0.15, 0.2) is 30.3 Å². The van der Waals surface area contributed by atoms with Gasteiger partial charge in [0.15, 0.2) is 0 Å². The van der Waals surface area contributed by atoms with E-state index in [2.05, 4.69) is 68.3 Å². The first-order chi connectivity index (χ1) is 7.59. The van der Waals surface area contributed by atoms with Gasteiger partial charge in [-0.15, -0.1) is 5.92 Å². The van der Waals surface area contributed by atoms with Crippen molar-refractivity contribution in [3.8, 4) is 11.8 Å². The summed E-state index contributed by atoms with van der Waals surface area (Å²) in [6, 6.07) is 11.0. The zero-order valence-corrected chi connectivity index (χ0v) is 10.7. The third kappa shape index (κ3) is 3.12. The van der Waals surface area contributed by atoms with Gasteiger partial charge < -0.3 is 5.32 Å². The second kappa shape index (κ2) is 5.72. The molecule has 16 heavy (non-hydrogen) atoms. The molecule has 1 aromatic carbocycles. The Morgan fingerprint density at radius 3 is 2.44 bits per heavy atom. The van der Waals surface area contributed by atoms with Gasteiger partial charge in [0.1, 0.15) is 0 Å². The molecule has 0 aliphatic rings. The molecule has 0 fully saturated rings. The predicted molar refractivity (Wildman–Crippen MR) is 70.4 cm³/mol. The minimum atomic E-state index is 0.122. The van der Waals surface area contributed by atoms with Crippen molar-refractivity contribution in [3.63, 3.8) is 0 Å². The highest BCUT2D eigenvalue weighted by Gasteiger charge is 2.26. The zero-order chi connectivity index (χ0) is 12.0. The van der Waals surface area contributed by atoms with Crippen LogP contribution in [-0.4, -0.2) is 12.6 Å². The molecule has 0 aliphatic heterocycles. The molecule has 0 radical (unpaired) electrons. The molecule has 0 heterocycles. The molecule has 1 heteroatoms. The van der Waals surface area contributed by atoms with E-state index in [1.807, 2.05) is 6.92 Å². The third-order valence-electron chi connectivity index (χ3n) is 3.27. The van der Waals surface area contributed by atoms with E-state index in [1.54, 1.807) is 0 Å². The van der Waals surface area contributed by atoms with Gasteiger partial charge in [0.05, 0.1) is 6.54 Å². The van der Waals surface area contributed by atoms with Crippen LogP contribution in [0, 0.1) is 11.8 Å². The summed E-state index contributed by atoms with van der Waals surface area (Å²) in [5, 5.41) is 3.45. The fraction of sp³-hybridized carbons (Fsp3) is 0.467. The molecule has 0 saturated heterocycles. The highest BCUT2D eigenvalue weighted by molar-refractivity contribution is 5.25. The molecule has 86 valence electrons. The Bertz CT molecular complexity index is 367. The lowest BCUT2D eigenvalue weighted by Gasteiger charge is -2.32. The van der Waals surface area contributed by atoms with Crippen molar-refractivity contribution in [1.82, 2.24) is 5.32 Å². The van der Waals surface area contributed by atoms with Crippen LogP contribution < -0.4 is 5.32 Å². The first-order valence-electron chi connectivity index (χ1n) is 5.77. The summed E-state index contributed by atoms with van der Waals surface area (Å²) in [4.78, 5) is 0. The zero-order valence-electron chi connectivity index (χ0n) is 10.7. The highest BCUT2D eigenvalue weighted by atomic mass is 14.9. The lowest BCUT2D eigenvalue weighted by atomic mass is 9.78. The average Bonchev–Trinajstić information content (AvgIpc) is 2.30. The van der Waals surface area contributed by atoms with E-state index in [1.165, 1.54) is 5.56 Å². The van der Waals surface area contributed by atoms with Crippen molar-refractivity contribution >= 4 is 0 Å². The van der Waals surface area contributed by atoms with Crippen molar-refractivity contribution < 1.29 is 0 Å². The van der Waals surface area contributed by atoms with Gasteiger partial charge in [0.25, 0.3) is 0 Å². The summed E-state index contributed by atoms with van der Waals surface area (Å²) >= 11 is 0. The fourth-order valence-electron chi connectivity index (χ4n) is 1.67. The Morgan fingerprint density at radius 1 is 1.25 bits per heavy atom. The Balaban J connectivity index is 2.72. The summed E-state index contributed by atoms with van der Waals surface area (Å²) in [5.41, 5.74) is 1.48. The molecule has 1 N–H and O–H groups in total. The topological polar surface area (TPSA) is 12.0 Å². The maximum Gasteiger partial charge on any atom is 0.0578 e. The van der Waals surface area contributed by atoms with Crippen LogP contribution in [-0.2, 0) is 5.41 Å². The monoisotopic (exact) mass is 215 g/mol. The van der Waals surface area contributed by atoms with E-state index in [0.29, 0.717) is 6.04 Å². The molecule has 0 aliphatic carbocycles. The summed E-state index contributed by atoms with van der Waals surface area (Å²) < 4.78 is 0. The molecule has 0 amide bonds. The highest BCUT2D eigenvalue weighted by Crippen LogP contribution is 2.26. The van der Waals surface area contributed by atoms with E-state index in [0.717, 1.165) is 6.54 Å². The van der Waals surface area contributed by atoms with Gasteiger partial charge >= 0.3 is 0 Å². The maximum absolute atomic E-state index is 3.45. The molecule has 0 saturated carbocycles. The molecule has 1 atom stereocenters. The summed E-state index contributed by atoms with van der Waals surface area (Å²) in [7, 11) is 0. The van der Waals surface area contributed by atoms with Crippen molar-refractivity contribution in [1.29, 1.82) is 0 Å².